The number of ether oxygens (including phenoxy) is 1. The second-order valence-electron chi connectivity index (χ2n) is 5.01. The van der Waals surface area contributed by atoms with Gasteiger partial charge in [-0.05, 0) is 24.9 Å². The van der Waals surface area contributed by atoms with Crippen molar-refractivity contribution in [3.63, 3.8) is 0 Å². The molecule has 5 nitrogen and oxygen atoms in total. The van der Waals surface area contributed by atoms with Gasteiger partial charge in [-0.1, -0.05) is 48.8 Å². The summed E-state index contributed by atoms with van der Waals surface area (Å²) in [6.07, 6.45) is 3.24. The smallest absolute Gasteiger partial charge is 0.147 e. The topological polar surface area (TPSA) is 79.9 Å². The van der Waals surface area contributed by atoms with Crippen LogP contribution >= 0.6 is 0 Å². The number of oxime groups is 1. The summed E-state index contributed by atoms with van der Waals surface area (Å²) in [4.78, 5) is 0. The molecule has 1 atom stereocenters. The van der Waals surface area contributed by atoms with E-state index in [1.165, 1.54) is 0 Å². The van der Waals surface area contributed by atoms with Gasteiger partial charge in [0.2, 0.25) is 0 Å². The van der Waals surface area contributed by atoms with Gasteiger partial charge in [0.05, 0.1) is 5.92 Å². The molecular formula is C16H27N3O2. The zero-order valence-electron chi connectivity index (χ0n) is 12.8. The van der Waals surface area contributed by atoms with Gasteiger partial charge >= 0.3 is 0 Å². The average molecular weight is 293 g/mol. The van der Waals surface area contributed by atoms with Crippen molar-refractivity contribution in [2.24, 2.45) is 10.9 Å². The van der Waals surface area contributed by atoms with E-state index in [2.05, 4.69) is 17.4 Å². The molecule has 118 valence electrons. The molecular weight excluding hydrogens is 266 g/mol. The van der Waals surface area contributed by atoms with Crippen molar-refractivity contribution in [3.05, 3.63) is 35.9 Å². The number of benzene rings is 1. The van der Waals surface area contributed by atoms with E-state index in [-0.39, 0.29) is 11.8 Å². The van der Waals surface area contributed by atoms with E-state index in [0.717, 1.165) is 44.6 Å². The van der Waals surface area contributed by atoms with Gasteiger partial charge in [0.1, 0.15) is 5.84 Å². The molecule has 0 aliphatic heterocycles. The van der Waals surface area contributed by atoms with E-state index in [1.807, 2.05) is 30.3 Å². The Balaban J connectivity index is 2.29. The van der Waals surface area contributed by atoms with E-state index in [9.17, 15) is 0 Å². The highest BCUT2D eigenvalue weighted by Crippen LogP contribution is 2.14. The number of nitrogens with one attached hydrogen (secondary N) is 1. The van der Waals surface area contributed by atoms with Crippen LogP contribution < -0.4 is 11.1 Å². The van der Waals surface area contributed by atoms with E-state index in [4.69, 9.17) is 15.7 Å². The number of rotatable bonds is 11. The number of hydrogen-bond donors (Lipinski definition) is 3. The van der Waals surface area contributed by atoms with Gasteiger partial charge in [0, 0.05) is 19.8 Å². The fraction of sp³-hybridized carbons (Fsp3) is 0.562. The van der Waals surface area contributed by atoms with Crippen molar-refractivity contribution in [1.82, 2.24) is 5.32 Å². The third-order valence-corrected chi connectivity index (χ3v) is 3.31. The van der Waals surface area contributed by atoms with Crippen LogP contribution in [0.5, 0.6) is 0 Å². The lowest BCUT2D eigenvalue weighted by Gasteiger charge is -2.16. The van der Waals surface area contributed by atoms with Crippen LogP contribution in [-0.2, 0) is 4.74 Å². The molecule has 0 radical (unpaired) electrons. The fourth-order valence-electron chi connectivity index (χ4n) is 2.04. The van der Waals surface area contributed by atoms with Crippen molar-refractivity contribution in [2.75, 3.05) is 26.3 Å². The van der Waals surface area contributed by atoms with Gasteiger partial charge in [0.25, 0.3) is 0 Å². The van der Waals surface area contributed by atoms with Crippen LogP contribution in [0.25, 0.3) is 0 Å². The van der Waals surface area contributed by atoms with Gasteiger partial charge in [-0.3, -0.25) is 0 Å². The molecule has 21 heavy (non-hydrogen) atoms. The number of unbranched alkanes of at least 4 members (excludes halogenated alkanes) is 1. The zero-order chi connectivity index (χ0) is 15.3. The molecule has 0 saturated heterocycles. The van der Waals surface area contributed by atoms with E-state index >= 15 is 0 Å². The number of amidine groups is 1. The summed E-state index contributed by atoms with van der Waals surface area (Å²) in [6, 6.07) is 9.83. The number of hydrogen-bond acceptors (Lipinski definition) is 4. The monoisotopic (exact) mass is 293 g/mol. The van der Waals surface area contributed by atoms with Gasteiger partial charge < -0.3 is 21.0 Å². The van der Waals surface area contributed by atoms with Gasteiger partial charge in [-0.15, -0.1) is 0 Å². The lowest BCUT2D eigenvalue weighted by atomic mass is 9.98. The minimum atomic E-state index is -0.114. The Morgan fingerprint density at radius 2 is 2.00 bits per heavy atom. The van der Waals surface area contributed by atoms with E-state index in [0.29, 0.717) is 6.54 Å². The summed E-state index contributed by atoms with van der Waals surface area (Å²) >= 11 is 0. The van der Waals surface area contributed by atoms with E-state index < -0.39 is 0 Å². The van der Waals surface area contributed by atoms with Crippen LogP contribution in [0, 0.1) is 0 Å². The van der Waals surface area contributed by atoms with Crippen molar-refractivity contribution < 1.29 is 9.94 Å². The molecule has 0 saturated carbocycles. The molecule has 0 aliphatic carbocycles. The van der Waals surface area contributed by atoms with Crippen LogP contribution in [0.15, 0.2) is 35.5 Å². The minimum Gasteiger partial charge on any atom is -0.409 e. The lowest BCUT2D eigenvalue weighted by Crippen LogP contribution is -2.32. The number of nitrogens with two attached hydrogens (primary N) is 1. The molecule has 1 rings (SSSR count). The molecule has 0 spiro atoms. The van der Waals surface area contributed by atoms with Crippen LogP contribution in [0.4, 0.5) is 0 Å². The predicted molar refractivity (Wildman–Crippen MR) is 85.8 cm³/mol. The normalized spacial score (nSPS) is 13.3. The maximum absolute atomic E-state index is 8.90. The number of nitrogens with zero attached hydrogens (tertiary/aromatic N) is 1. The van der Waals surface area contributed by atoms with Crippen LogP contribution in [0.3, 0.4) is 0 Å². The zero-order valence-corrected chi connectivity index (χ0v) is 12.8. The van der Waals surface area contributed by atoms with Crippen molar-refractivity contribution in [2.45, 2.75) is 32.1 Å². The van der Waals surface area contributed by atoms with E-state index in [1.54, 1.807) is 0 Å². The summed E-state index contributed by atoms with van der Waals surface area (Å²) in [5.41, 5.74) is 6.82. The summed E-state index contributed by atoms with van der Waals surface area (Å²) in [7, 11) is 0. The molecule has 1 unspecified atom stereocenters. The molecule has 0 bridgehead atoms. The Labute approximate surface area is 127 Å². The summed E-state index contributed by atoms with van der Waals surface area (Å²) < 4.78 is 5.51. The first-order valence-corrected chi connectivity index (χ1v) is 7.60. The molecule has 0 aromatic heterocycles. The Hall–Kier alpha value is -1.59. The Morgan fingerprint density at radius 3 is 2.67 bits per heavy atom. The summed E-state index contributed by atoms with van der Waals surface area (Å²) in [6.45, 7) is 5.27. The van der Waals surface area contributed by atoms with Crippen LogP contribution in [0.1, 0.15) is 37.7 Å². The van der Waals surface area contributed by atoms with Crippen molar-refractivity contribution in [1.29, 1.82) is 0 Å². The molecule has 0 aliphatic rings. The third kappa shape index (κ3) is 7.11. The second kappa shape index (κ2) is 11.1. The highest BCUT2D eigenvalue weighted by atomic mass is 16.5. The Morgan fingerprint density at radius 1 is 1.29 bits per heavy atom. The first kappa shape index (κ1) is 17.5. The maximum atomic E-state index is 8.90. The second-order valence-corrected chi connectivity index (χ2v) is 5.01. The third-order valence-electron chi connectivity index (χ3n) is 3.31. The SMILES string of the molecule is CCCCOCCCNCC(/C(N)=N/O)c1ccccc1. The summed E-state index contributed by atoms with van der Waals surface area (Å²) in [5, 5.41) is 15.4. The molecule has 4 N–H and O–H groups in total. The highest BCUT2D eigenvalue weighted by Gasteiger charge is 2.15. The maximum Gasteiger partial charge on any atom is 0.147 e. The van der Waals surface area contributed by atoms with Gasteiger partial charge in [-0.2, -0.15) is 0 Å². The molecule has 0 amide bonds. The van der Waals surface area contributed by atoms with Crippen molar-refractivity contribution >= 4 is 5.84 Å². The average Bonchev–Trinajstić information content (AvgIpc) is 2.53. The predicted octanol–water partition coefficient (Wildman–Crippen LogP) is 2.31. The highest BCUT2D eigenvalue weighted by molar-refractivity contribution is 5.87. The Bertz CT molecular complexity index is 396. The largest absolute Gasteiger partial charge is 0.409 e. The molecule has 1 aromatic carbocycles. The molecule has 0 heterocycles. The minimum absolute atomic E-state index is 0.114. The summed E-state index contributed by atoms with van der Waals surface area (Å²) in [5.74, 6) is 0.116. The first-order chi connectivity index (χ1) is 10.3. The van der Waals surface area contributed by atoms with Crippen LogP contribution in [-0.4, -0.2) is 37.3 Å². The quantitative estimate of drug-likeness (QED) is 0.192. The Kier molecular flexibility index (Phi) is 9.24. The fourth-order valence-corrected chi connectivity index (χ4v) is 2.04. The first-order valence-electron chi connectivity index (χ1n) is 7.60. The molecule has 5 heteroatoms. The van der Waals surface area contributed by atoms with Crippen molar-refractivity contribution in [3.8, 4) is 0 Å². The lowest BCUT2D eigenvalue weighted by molar-refractivity contribution is 0.129. The van der Waals surface area contributed by atoms with Crippen LogP contribution in [0.2, 0.25) is 0 Å². The molecule has 1 aromatic rings. The van der Waals surface area contributed by atoms with Gasteiger partial charge in [0.15, 0.2) is 0 Å². The standard InChI is InChI=1S/C16H27N3O2/c1-2-3-11-21-12-7-10-18-13-15(16(17)19-20)14-8-5-4-6-9-14/h4-6,8-9,15,18,20H,2-3,7,10-13H2,1H3,(H2,17,19). The molecule has 0 fully saturated rings. The van der Waals surface area contributed by atoms with Gasteiger partial charge in [-0.25, -0.2) is 0 Å².